The molecule has 4 aromatic rings. The van der Waals surface area contributed by atoms with Crippen molar-refractivity contribution in [1.82, 2.24) is 14.7 Å². The van der Waals surface area contributed by atoms with Crippen LogP contribution in [-0.4, -0.2) is 25.8 Å². The second-order valence-corrected chi connectivity index (χ2v) is 9.81. The predicted octanol–water partition coefficient (Wildman–Crippen LogP) is 7.18. The summed E-state index contributed by atoms with van der Waals surface area (Å²) in [5.41, 5.74) is 3.89. The fraction of sp³-hybridized carbons (Fsp3) is 0.250. The van der Waals surface area contributed by atoms with E-state index < -0.39 is 17.7 Å². The topological polar surface area (TPSA) is 80.0 Å². The summed E-state index contributed by atoms with van der Waals surface area (Å²) in [7, 11) is 0. The van der Waals surface area contributed by atoms with Gasteiger partial charge in [0.1, 0.15) is 5.69 Å². The molecule has 1 amide bonds. The van der Waals surface area contributed by atoms with E-state index in [9.17, 15) is 18.8 Å². The number of benzene rings is 2. The van der Waals surface area contributed by atoms with Gasteiger partial charge in [-0.15, -0.1) is 0 Å². The summed E-state index contributed by atoms with van der Waals surface area (Å²) in [5.74, 6) is -4.24. The van der Waals surface area contributed by atoms with Crippen LogP contribution in [0.3, 0.4) is 0 Å². The average molecular weight is 523 g/mol. The Labute approximate surface area is 217 Å². The van der Waals surface area contributed by atoms with Crippen LogP contribution < -0.4 is 5.32 Å². The van der Waals surface area contributed by atoms with Crippen LogP contribution in [0.4, 0.5) is 14.5 Å². The van der Waals surface area contributed by atoms with E-state index in [1.807, 2.05) is 32.0 Å². The number of hydrogen-bond donors (Lipinski definition) is 2. The second kappa shape index (κ2) is 9.27. The van der Waals surface area contributed by atoms with E-state index in [0.29, 0.717) is 34.0 Å². The van der Waals surface area contributed by atoms with Crippen molar-refractivity contribution in [3.63, 3.8) is 0 Å². The number of carbonyl (C=O) groups is 1. The molecule has 0 atom stereocenters. The van der Waals surface area contributed by atoms with Gasteiger partial charge in [-0.3, -0.25) is 4.79 Å². The Bertz CT molecular complexity index is 1510. The number of nitrogens with one attached hydrogen (secondary N) is 1. The van der Waals surface area contributed by atoms with Crippen molar-refractivity contribution in [2.45, 2.75) is 39.5 Å². The van der Waals surface area contributed by atoms with Crippen LogP contribution >= 0.6 is 11.6 Å². The van der Waals surface area contributed by atoms with Gasteiger partial charge >= 0.3 is 0 Å². The third kappa shape index (κ3) is 4.57. The van der Waals surface area contributed by atoms with E-state index in [-0.39, 0.29) is 28.5 Å². The lowest BCUT2D eigenvalue weighted by Crippen LogP contribution is -2.19. The molecule has 1 aliphatic carbocycles. The Hall–Kier alpha value is -3.78. The zero-order valence-electron chi connectivity index (χ0n) is 20.5. The third-order valence-electron chi connectivity index (χ3n) is 6.63. The molecule has 0 spiro atoms. The van der Waals surface area contributed by atoms with Gasteiger partial charge in [0.15, 0.2) is 11.5 Å². The number of amides is 1. The van der Waals surface area contributed by atoms with Crippen LogP contribution in [-0.2, 0) is 5.92 Å². The molecular formula is C28H25ClF2N4O2. The zero-order valence-corrected chi connectivity index (χ0v) is 21.3. The summed E-state index contributed by atoms with van der Waals surface area (Å²) in [6.45, 7) is 5.50. The van der Waals surface area contributed by atoms with Crippen molar-refractivity contribution in [3.8, 4) is 22.8 Å². The molecule has 190 valence electrons. The monoisotopic (exact) mass is 522 g/mol. The predicted molar refractivity (Wildman–Crippen MR) is 138 cm³/mol. The number of halogens is 3. The highest BCUT2D eigenvalue weighted by molar-refractivity contribution is 6.33. The normalized spacial score (nSPS) is 13.6. The van der Waals surface area contributed by atoms with Gasteiger partial charge in [-0.2, -0.15) is 4.73 Å². The maximum Gasteiger partial charge on any atom is 0.277 e. The number of imidazole rings is 1. The molecule has 1 fully saturated rings. The molecule has 6 nitrogen and oxygen atoms in total. The Morgan fingerprint density at radius 2 is 1.73 bits per heavy atom. The first-order valence-electron chi connectivity index (χ1n) is 11.9. The molecule has 2 aromatic heterocycles. The zero-order chi connectivity index (χ0) is 26.5. The first kappa shape index (κ1) is 24.9. The van der Waals surface area contributed by atoms with Crippen molar-refractivity contribution in [2.75, 3.05) is 5.32 Å². The van der Waals surface area contributed by atoms with Gasteiger partial charge in [0, 0.05) is 22.7 Å². The van der Waals surface area contributed by atoms with E-state index in [0.717, 1.165) is 16.7 Å². The Kier molecular flexibility index (Phi) is 6.23. The smallest absolute Gasteiger partial charge is 0.277 e. The number of rotatable bonds is 6. The Balaban J connectivity index is 1.47. The van der Waals surface area contributed by atoms with Gasteiger partial charge in [-0.05, 0) is 69.0 Å². The number of pyridine rings is 1. The maximum absolute atomic E-state index is 14.6. The van der Waals surface area contributed by atoms with Gasteiger partial charge in [0.05, 0.1) is 16.4 Å². The number of anilines is 1. The highest BCUT2D eigenvalue weighted by Crippen LogP contribution is 2.50. The lowest BCUT2D eigenvalue weighted by molar-refractivity contribution is -0.0285. The highest BCUT2D eigenvalue weighted by atomic mass is 35.5. The van der Waals surface area contributed by atoms with Crippen LogP contribution in [0.1, 0.15) is 45.7 Å². The molecule has 37 heavy (non-hydrogen) atoms. The molecule has 0 unspecified atom stereocenters. The van der Waals surface area contributed by atoms with Crippen LogP contribution in [0.25, 0.3) is 22.8 Å². The fourth-order valence-corrected chi connectivity index (χ4v) is 4.75. The van der Waals surface area contributed by atoms with E-state index >= 15 is 0 Å². The molecule has 9 heteroatoms. The van der Waals surface area contributed by atoms with Gasteiger partial charge in [-0.1, -0.05) is 41.9 Å². The number of nitrogens with zero attached hydrogens (tertiary/aromatic N) is 3. The Morgan fingerprint density at radius 1 is 1.05 bits per heavy atom. The number of aromatic nitrogens is 3. The summed E-state index contributed by atoms with van der Waals surface area (Å²) in [6, 6.07) is 14.8. The highest BCUT2D eigenvalue weighted by Gasteiger charge is 2.48. The number of hydrogen-bond acceptors (Lipinski definition) is 4. The van der Waals surface area contributed by atoms with Crippen molar-refractivity contribution in [3.05, 3.63) is 87.7 Å². The van der Waals surface area contributed by atoms with Crippen LogP contribution in [0.15, 0.2) is 54.6 Å². The van der Waals surface area contributed by atoms with Crippen LogP contribution in [0.2, 0.25) is 5.02 Å². The first-order valence-corrected chi connectivity index (χ1v) is 12.3. The van der Waals surface area contributed by atoms with E-state index in [4.69, 9.17) is 11.6 Å². The van der Waals surface area contributed by atoms with E-state index in [1.165, 1.54) is 24.3 Å². The number of carbonyl (C=O) groups excluding carboxylic acids is 1. The van der Waals surface area contributed by atoms with Crippen molar-refractivity contribution in [2.24, 2.45) is 5.92 Å². The van der Waals surface area contributed by atoms with Gasteiger partial charge in [0.25, 0.3) is 11.8 Å². The second-order valence-electron chi connectivity index (χ2n) is 9.41. The fourth-order valence-electron chi connectivity index (χ4n) is 4.55. The Morgan fingerprint density at radius 3 is 2.41 bits per heavy atom. The molecule has 0 radical (unpaired) electrons. The minimum absolute atomic E-state index is 0.0563. The molecule has 1 saturated carbocycles. The lowest BCUT2D eigenvalue weighted by Gasteiger charge is -2.17. The van der Waals surface area contributed by atoms with E-state index in [2.05, 4.69) is 15.3 Å². The molecule has 2 N–H and O–H groups in total. The molecular weight excluding hydrogens is 498 g/mol. The minimum atomic E-state index is -2.95. The number of aryl methyl sites for hydroxylation is 3. The van der Waals surface area contributed by atoms with Gasteiger partial charge in [0.2, 0.25) is 0 Å². The van der Waals surface area contributed by atoms with Gasteiger partial charge in [-0.25, -0.2) is 18.7 Å². The summed E-state index contributed by atoms with van der Waals surface area (Å²) in [6.07, 6.45) is 0.970. The largest absolute Gasteiger partial charge is 0.426 e. The quantitative estimate of drug-likeness (QED) is 0.263. The average Bonchev–Trinajstić information content (AvgIpc) is 3.66. The van der Waals surface area contributed by atoms with Crippen molar-refractivity contribution >= 4 is 23.2 Å². The third-order valence-corrected chi connectivity index (χ3v) is 6.94. The number of alkyl halides is 2. The minimum Gasteiger partial charge on any atom is -0.426 e. The first-order chi connectivity index (χ1) is 17.6. The van der Waals surface area contributed by atoms with Crippen molar-refractivity contribution in [1.29, 1.82) is 0 Å². The van der Waals surface area contributed by atoms with Gasteiger partial charge < -0.3 is 10.5 Å². The SMILES string of the molecule is Cc1cccc(C)c1-c1nc(-c2nc(C)c(C(=O)Nc3cccc(C(F)(F)C4CC4)c3)n2O)ccc1Cl. The summed E-state index contributed by atoms with van der Waals surface area (Å²) in [5, 5.41) is 14.0. The maximum atomic E-state index is 14.6. The summed E-state index contributed by atoms with van der Waals surface area (Å²) < 4.78 is 29.8. The van der Waals surface area contributed by atoms with Crippen LogP contribution in [0, 0.1) is 26.7 Å². The molecule has 2 heterocycles. The van der Waals surface area contributed by atoms with Crippen molar-refractivity contribution < 1.29 is 18.8 Å². The van der Waals surface area contributed by atoms with E-state index in [1.54, 1.807) is 19.1 Å². The van der Waals surface area contributed by atoms with Crippen LogP contribution in [0.5, 0.6) is 0 Å². The molecule has 5 rings (SSSR count). The molecule has 2 aromatic carbocycles. The molecule has 1 aliphatic rings. The lowest BCUT2D eigenvalue weighted by atomic mass is 9.99. The molecule has 0 saturated heterocycles. The standard InChI is InChI=1S/C28H25ClF2N4O2/c1-15-6-4-7-16(2)23(15)24-21(29)12-13-22(34-24)26-32-17(3)25(35(26)37)27(36)33-20-9-5-8-19(14-20)28(30,31)18-10-11-18/h4-9,12-14,18,37H,10-11H2,1-3H3,(H,33,36). The summed E-state index contributed by atoms with van der Waals surface area (Å²) in [4.78, 5) is 22.1. The summed E-state index contributed by atoms with van der Waals surface area (Å²) >= 11 is 6.48. The molecule has 0 bridgehead atoms. The molecule has 0 aliphatic heterocycles.